The van der Waals surface area contributed by atoms with Gasteiger partial charge >= 0.3 is 0 Å². The summed E-state index contributed by atoms with van der Waals surface area (Å²) in [5.74, 6) is 0. The second-order valence-corrected chi connectivity index (χ2v) is 12.3. The monoisotopic (exact) mass is 272 g/mol. The van der Waals surface area contributed by atoms with E-state index in [1.807, 2.05) is 0 Å². The first-order chi connectivity index (χ1) is 8.12. The predicted molar refractivity (Wildman–Crippen MR) is 80.6 cm³/mol. The third kappa shape index (κ3) is 4.07. The molecule has 0 aliphatic carbocycles. The van der Waals surface area contributed by atoms with Crippen LogP contribution in [-0.4, -0.2) is 26.6 Å². The molecular weight excluding hydrogens is 240 g/mol. The topological polar surface area (TPSA) is 21.8 Å². The van der Waals surface area contributed by atoms with E-state index in [1.54, 1.807) is 0 Å². The average Bonchev–Trinajstić information content (AvgIpc) is 2.86. The fourth-order valence-corrected chi connectivity index (χ4v) is 2.95. The number of hydrogen-bond acceptors (Lipinski definition) is 2. The lowest BCUT2D eigenvalue weighted by Gasteiger charge is -2.36. The van der Waals surface area contributed by atoms with Crippen LogP contribution in [0.2, 0.25) is 18.1 Å². The highest BCUT2D eigenvalue weighted by Crippen LogP contribution is 2.43. The first-order valence-corrected chi connectivity index (χ1v) is 10.3. The van der Waals surface area contributed by atoms with Crippen molar-refractivity contribution in [1.82, 2.24) is 0 Å². The van der Waals surface area contributed by atoms with Crippen LogP contribution in [0.1, 0.15) is 60.3 Å². The quantitative estimate of drug-likeness (QED) is 0.379. The van der Waals surface area contributed by atoms with Crippen molar-refractivity contribution in [3.8, 4) is 0 Å². The van der Waals surface area contributed by atoms with Crippen LogP contribution in [0, 0.1) is 0 Å². The summed E-state index contributed by atoms with van der Waals surface area (Å²) >= 11 is 0. The number of epoxide rings is 1. The Morgan fingerprint density at radius 2 is 1.83 bits per heavy atom. The standard InChI is InChI=1S/C15H32O2Si/c1-8-9-10-11-15(5)13(17-15)12-16-18(6,7)14(2,3)4/h13H,8-12H2,1-7H3/t13-,15+/m1/s1. The summed E-state index contributed by atoms with van der Waals surface area (Å²) in [4.78, 5) is 0. The van der Waals surface area contributed by atoms with Crippen molar-refractivity contribution in [1.29, 1.82) is 0 Å². The molecule has 0 N–H and O–H groups in total. The smallest absolute Gasteiger partial charge is 0.192 e. The van der Waals surface area contributed by atoms with Crippen molar-refractivity contribution >= 4 is 8.32 Å². The zero-order chi connectivity index (χ0) is 14.0. The van der Waals surface area contributed by atoms with Crippen LogP contribution in [0.15, 0.2) is 0 Å². The summed E-state index contributed by atoms with van der Waals surface area (Å²) in [5.41, 5.74) is 0.109. The van der Waals surface area contributed by atoms with E-state index in [-0.39, 0.29) is 5.60 Å². The first-order valence-electron chi connectivity index (χ1n) is 7.44. The maximum atomic E-state index is 6.23. The fraction of sp³-hybridized carbons (Fsp3) is 1.00. The van der Waals surface area contributed by atoms with Crippen LogP contribution in [0.4, 0.5) is 0 Å². The number of rotatable bonds is 7. The summed E-state index contributed by atoms with van der Waals surface area (Å²) in [6.07, 6.45) is 5.40. The molecule has 0 aromatic heterocycles. The van der Waals surface area contributed by atoms with Crippen molar-refractivity contribution in [2.45, 2.75) is 90.1 Å². The molecule has 0 amide bonds. The highest BCUT2D eigenvalue weighted by atomic mass is 28.4. The van der Waals surface area contributed by atoms with Gasteiger partial charge in [0.05, 0.1) is 12.2 Å². The van der Waals surface area contributed by atoms with Crippen LogP contribution in [-0.2, 0) is 9.16 Å². The van der Waals surface area contributed by atoms with E-state index in [0.717, 1.165) is 6.61 Å². The van der Waals surface area contributed by atoms with Crippen LogP contribution in [0.25, 0.3) is 0 Å². The molecule has 0 spiro atoms. The van der Waals surface area contributed by atoms with Crippen molar-refractivity contribution < 1.29 is 9.16 Å². The molecular formula is C15H32O2Si. The minimum Gasteiger partial charge on any atom is -0.414 e. The molecule has 18 heavy (non-hydrogen) atoms. The maximum Gasteiger partial charge on any atom is 0.192 e. The predicted octanol–water partition coefficient (Wildman–Crippen LogP) is 4.75. The third-order valence-electron chi connectivity index (χ3n) is 4.71. The molecule has 1 aliphatic rings. The van der Waals surface area contributed by atoms with Gasteiger partial charge < -0.3 is 9.16 Å². The van der Waals surface area contributed by atoms with E-state index in [9.17, 15) is 0 Å². The molecule has 1 saturated heterocycles. The second-order valence-electron chi connectivity index (χ2n) is 7.45. The van der Waals surface area contributed by atoms with E-state index in [2.05, 4.69) is 47.7 Å². The Bertz CT molecular complexity index is 270. The van der Waals surface area contributed by atoms with Gasteiger partial charge in [-0.1, -0.05) is 47.0 Å². The Balaban J connectivity index is 2.31. The average molecular weight is 273 g/mol. The molecule has 0 aromatic carbocycles. The lowest BCUT2D eigenvalue weighted by molar-refractivity contribution is 0.234. The highest BCUT2D eigenvalue weighted by molar-refractivity contribution is 6.74. The minimum absolute atomic E-state index is 0.109. The Hall–Kier alpha value is 0.137. The van der Waals surface area contributed by atoms with Crippen molar-refractivity contribution in [2.24, 2.45) is 0 Å². The normalized spacial score (nSPS) is 28.5. The summed E-state index contributed by atoms with van der Waals surface area (Å²) in [6.45, 7) is 16.7. The van der Waals surface area contributed by atoms with Gasteiger partial charge in [-0.3, -0.25) is 0 Å². The molecule has 2 nitrogen and oxygen atoms in total. The molecule has 1 fully saturated rings. The molecule has 3 heteroatoms. The molecule has 0 bridgehead atoms. The number of ether oxygens (including phenoxy) is 1. The molecule has 108 valence electrons. The second kappa shape index (κ2) is 5.64. The van der Waals surface area contributed by atoms with Gasteiger partial charge in [0.2, 0.25) is 0 Å². The molecule has 1 rings (SSSR count). The molecule has 0 aromatic rings. The summed E-state index contributed by atoms with van der Waals surface area (Å²) in [5, 5.41) is 0.292. The van der Waals surface area contributed by atoms with Crippen LogP contribution < -0.4 is 0 Å². The summed E-state index contributed by atoms with van der Waals surface area (Å²) in [6, 6.07) is 0. The van der Waals surface area contributed by atoms with Gasteiger partial charge in [0.1, 0.15) is 6.10 Å². The minimum atomic E-state index is -1.61. The Morgan fingerprint density at radius 3 is 2.33 bits per heavy atom. The van der Waals surface area contributed by atoms with Crippen molar-refractivity contribution in [3.05, 3.63) is 0 Å². The van der Waals surface area contributed by atoms with E-state index in [1.165, 1.54) is 25.7 Å². The summed E-state index contributed by atoms with van der Waals surface area (Å²) < 4.78 is 12.1. The van der Waals surface area contributed by atoms with Gasteiger partial charge in [-0.05, 0) is 31.5 Å². The van der Waals surface area contributed by atoms with Gasteiger partial charge in [0.25, 0.3) is 0 Å². The van der Waals surface area contributed by atoms with E-state index >= 15 is 0 Å². The number of hydrogen-bond donors (Lipinski definition) is 0. The van der Waals surface area contributed by atoms with Crippen LogP contribution in [0.3, 0.4) is 0 Å². The Kier molecular flexibility index (Phi) is 5.07. The zero-order valence-electron chi connectivity index (χ0n) is 13.4. The lowest BCUT2D eigenvalue weighted by atomic mass is 10.00. The lowest BCUT2D eigenvalue weighted by Crippen LogP contribution is -2.42. The van der Waals surface area contributed by atoms with Crippen molar-refractivity contribution in [2.75, 3.05) is 6.61 Å². The maximum absolute atomic E-state index is 6.23. The summed E-state index contributed by atoms with van der Waals surface area (Å²) in [7, 11) is -1.61. The van der Waals surface area contributed by atoms with Crippen LogP contribution in [0.5, 0.6) is 0 Å². The SMILES string of the molecule is CCCCC[C@]1(C)O[C@@H]1CO[Si](C)(C)C(C)(C)C. The fourth-order valence-electron chi connectivity index (χ4n) is 1.95. The molecule has 0 radical (unpaired) electrons. The van der Waals surface area contributed by atoms with Gasteiger partial charge in [-0.15, -0.1) is 0 Å². The van der Waals surface area contributed by atoms with Gasteiger partial charge in [-0.2, -0.15) is 0 Å². The molecule has 0 unspecified atom stereocenters. The largest absolute Gasteiger partial charge is 0.414 e. The van der Waals surface area contributed by atoms with Gasteiger partial charge in [0, 0.05) is 0 Å². The highest BCUT2D eigenvalue weighted by Gasteiger charge is 2.52. The van der Waals surface area contributed by atoms with E-state index < -0.39 is 8.32 Å². The third-order valence-corrected chi connectivity index (χ3v) is 9.21. The molecule has 1 heterocycles. The Labute approximate surface area is 115 Å². The van der Waals surface area contributed by atoms with Gasteiger partial charge in [-0.25, -0.2) is 0 Å². The molecule has 2 atom stereocenters. The van der Waals surface area contributed by atoms with E-state index in [0.29, 0.717) is 11.1 Å². The van der Waals surface area contributed by atoms with Crippen molar-refractivity contribution in [3.63, 3.8) is 0 Å². The first kappa shape index (κ1) is 16.2. The number of unbranched alkanes of at least 4 members (excludes halogenated alkanes) is 2. The Morgan fingerprint density at radius 1 is 1.22 bits per heavy atom. The van der Waals surface area contributed by atoms with Gasteiger partial charge in [0.15, 0.2) is 8.32 Å². The van der Waals surface area contributed by atoms with E-state index in [4.69, 9.17) is 9.16 Å². The zero-order valence-corrected chi connectivity index (χ0v) is 14.4. The van der Waals surface area contributed by atoms with Crippen LogP contribution >= 0.6 is 0 Å². The molecule has 0 saturated carbocycles. The molecule has 1 aliphatic heterocycles.